The molecule has 224 valence electrons. The van der Waals surface area contributed by atoms with Crippen LogP contribution in [-0.2, 0) is 9.98 Å². The first-order valence-electron chi connectivity index (χ1n) is 16.2. The van der Waals surface area contributed by atoms with Gasteiger partial charge in [-0.3, -0.25) is 0 Å². The standard InChI is InChI=1S/C42H37BNOP/c1-28-16-20-31(21-17-28)44-38-24-18-29(2)26-37(38)43-36-23-22-34(27-35(36)42(4,5)40-30(3)19-25-39(44)41(40)43)46(45,32-12-8-6-9-13-32)33-14-10-7-11-15-33/h6-27H,1-5H3. The second-order valence-electron chi connectivity index (χ2n) is 13.5. The second-order valence-corrected chi connectivity index (χ2v) is 16.3. The Labute approximate surface area is 273 Å². The molecule has 0 aliphatic carbocycles. The number of hydrogen-bond donors (Lipinski definition) is 0. The zero-order valence-corrected chi connectivity index (χ0v) is 28.0. The molecule has 0 unspecified atom stereocenters. The van der Waals surface area contributed by atoms with E-state index in [2.05, 4.69) is 112 Å². The summed E-state index contributed by atoms with van der Waals surface area (Å²) in [5, 5.41) is 2.61. The minimum Gasteiger partial charge on any atom is -0.312 e. The van der Waals surface area contributed by atoms with Gasteiger partial charge in [0.25, 0.3) is 0 Å². The Bertz CT molecular complexity index is 2140. The molecular weight excluding hydrogens is 576 g/mol. The number of benzene rings is 6. The summed E-state index contributed by atoms with van der Waals surface area (Å²) in [6.45, 7) is 11.4. The molecule has 46 heavy (non-hydrogen) atoms. The highest BCUT2D eigenvalue weighted by molar-refractivity contribution is 7.85. The summed E-state index contributed by atoms with van der Waals surface area (Å²) < 4.78 is 15.5. The Kier molecular flexibility index (Phi) is 6.57. The number of anilines is 3. The number of aryl methyl sites for hydroxylation is 3. The summed E-state index contributed by atoms with van der Waals surface area (Å²) >= 11 is 0. The lowest BCUT2D eigenvalue weighted by atomic mass is 9.30. The van der Waals surface area contributed by atoms with E-state index in [0.717, 1.165) is 15.9 Å². The van der Waals surface area contributed by atoms with Crippen molar-refractivity contribution >= 4 is 63.2 Å². The third kappa shape index (κ3) is 4.15. The molecule has 0 saturated heterocycles. The van der Waals surface area contributed by atoms with Gasteiger partial charge >= 0.3 is 0 Å². The fraction of sp³-hybridized carbons (Fsp3) is 0.143. The van der Waals surface area contributed by atoms with E-state index in [0.29, 0.717) is 0 Å². The van der Waals surface area contributed by atoms with Crippen LogP contribution in [0, 0.1) is 20.8 Å². The van der Waals surface area contributed by atoms with Gasteiger partial charge in [-0.25, -0.2) is 0 Å². The molecule has 0 fully saturated rings. The van der Waals surface area contributed by atoms with Crippen LogP contribution in [0.1, 0.15) is 41.7 Å². The molecule has 0 atom stereocenters. The van der Waals surface area contributed by atoms with Crippen molar-refractivity contribution in [3.63, 3.8) is 0 Å². The van der Waals surface area contributed by atoms with Crippen LogP contribution in [0.25, 0.3) is 0 Å². The average Bonchev–Trinajstić information content (AvgIpc) is 3.07. The third-order valence-electron chi connectivity index (χ3n) is 10.2. The Morgan fingerprint density at radius 1 is 0.587 bits per heavy atom. The predicted molar refractivity (Wildman–Crippen MR) is 198 cm³/mol. The zero-order chi connectivity index (χ0) is 31.8. The van der Waals surface area contributed by atoms with E-state index in [4.69, 9.17) is 0 Å². The smallest absolute Gasteiger partial charge is 0.247 e. The molecule has 2 nitrogen and oxygen atoms in total. The first-order chi connectivity index (χ1) is 22.2. The summed E-state index contributed by atoms with van der Waals surface area (Å²) in [6.07, 6.45) is 0. The molecule has 2 aliphatic heterocycles. The minimum absolute atomic E-state index is 0.0754. The van der Waals surface area contributed by atoms with Crippen LogP contribution < -0.4 is 37.2 Å². The normalized spacial score (nSPS) is 14.4. The monoisotopic (exact) mass is 613 g/mol. The van der Waals surface area contributed by atoms with E-state index in [9.17, 15) is 0 Å². The number of rotatable bonds is 4. The molecule has 6 aromatic carbocycles. The molecule has 4 heteroatoms. The summed E-state index contributed by atoms with van der Waals surface area (Å²) in [7, 11) is -3.14. The maximum absolute atomic E-state index is 15.5. The van der Waals surface area contributed by atoms with Crippen molar-refractivity contribution in [3.05, 3.63) is 161 Å². The van der Waals surface area contributed by atoms with Gasteiger partial charge in [-0.15, -0.1) is 0 Å². The predicted octanol–water partition coefficient (Wildman–Crippen LogP) is 7.19. The van der Waals surface area contributed by atoms with E-state index in [1.807, 2.05) is 60.7 Å². The fourth-order valence-electron chi connectivity index (χ4n) is 8.11. The van der Waals surface area contributed by atoms with Crippen LogP contribution in [-0.4, -0.2) is 6.71 Å². The van der Waals surface area contributed by atoms with Crippen molar-refractivity contribution in [1.29, 1.82) is 0 Å². The van der Waals surface area contributed by atoms with Gasteiger partial charge in [0, 0.05) is 38.4 Å². The van der Waals surface area contributed by atoms with Gasteiger partial charge < -0.3 is 9.46 Å². The number of nitrogens with zero attached hydrogens (tertiary/aromatic N) is 1. The molecule has 0 spiro atoms. The zero-order valence-electron chi connectivity index (χ0n) is 27.1. The van der Waals surface area contributed by atoms with E-state index >= 15 is 4.57 Å². The lowest BCUT2D eigenvalue weighted by Gasteiger charge is -2.46. The summed E-state index contributed by atoms with van der Waals surface area (Å²) in [5.41, 5.74) is 13.8. The maximum Gasteiger partial charge on any atom is 0.247 e. The van der Waals surface area contributed by atoms with E-state index in [-0.39, 0.29) is 12.1 Å². The van der Waals surface area contributed by atoms with Gasteiger partial charge in [0.05, 0.1) is 0 Å². The highest BCUT2D eigenvalue weighted by atomic mass is 31.2. The SMILES string of the molecule is Cc1ccc(N2c3ccc(C)cc3B3c4ccc(P(=O)(c5ccccc5)c5ccccc5)cc4C(C)(C)c4c(C)ccc2c43)cc1. The number of fused-ring (bicyclic) bond motifs is 4. The molecule has 0 radical (unpaired) electrons. The van der Waals surface area contributed by atoms with Gasteiger partial charge in [0.15, 0.2) is 7.14 Å². The van der Waals surface area contributed by atoms with Crippen LogP contribution in [0.3, 0.4) is 0 Å². The van der Waals surface area contributed by atoms with Gasteiger partial charge in [0.2, 0.25) is 6.71 Å². The number of hydrogen-bond acceptors (Lipinski definition) is 2. The van der Waals surface area contributed by atoms with E-state index in [1.54, 1.807) is 0 Å². The lowest BCUT2D eigenvalue weighted by Crippen LogP contribution is -2.64. The van der Waals surface area contributed by atoms with Crippen molar-refractivity contribution in [2.45, 2.75) is 40.0 Å². The van der Waals surface area contributed by atoms with Crippen LogP contribution in [0.4, 0.5) is 17.1 Å². The minimum atomic E-state index is -3.14. The third-order valence-corrected chi connectivity index (χ3v) is 13.3. The van der Waals surface area contributed by atoms with E-state index in [1.165, 1.54) is 61.3 Å². The average molecular weight is 614 g/mol. The highest BCUT2D eigenvalue weighted by Gasteiger charge is 2.47. The molecule has 0 N–H and O–H groups in total. The Morgan fingerprint density at radius 3 is 1.85 bits per heavy atom. The Hall–Kier alpha value is -4.59. The molecule has 0 aromatic heterocycles. The lowest BCUT2D eigenvalue weighted by molar-refractivity contribution is 0.592. The molecule has 0 saturated carbocycles. The van der Waals surface area contributed by atoms with E-state index < -0.39 is 7.14 Å². The van der Waals surface area contributed by atoms with Gasteiger partial charge in [-0.1, -0.05) is 134 Å². The summed E-state index contributed by atoms with van der Waals surface area (Å²) in [6, 6.07) is 47.2. The second kappa shape index (κ2) is 10.5. The van der Waals surface area contributed by atoms with Gasteiger partial charge in [-0.05, 0) is 78.7 Å². The molecule has 0 bridgehead atoms. The fourth-order valence-corrected chi connectivity index (χ4v) is 10.8. The Morgan fingerprint density at radius 2 is 1.20 bits per heavy atom. The van der Waals surface area contributed by atoms with Crippen LogP contribution >= 0.6 is 7.14 Å². The van der Waals surface area contributed by atoms with Crippen LogP contribution in [0.5, 0.6) is 0 Å². The van der Waals surface area contributed by atoms with Crippen molar-refractivity contribution in [2.24, 2.45) is 0 Å². The van der Waals surface area contributed by atoms with Crippen LogP contribution in [0.15, 0.2) is 133 Å². The molecule has 2 aliphatic rings. The summed E-state index contributed by atoms with van der Waals surface area (Å²) in [5.74, 6) is 0. The van der Waals surface area contributed by atoms with Gasteiger partial charge in [0.1, 0.15) is 0 Å². The molecule has 0 amide bonds. The van der Waals surface area contributed by atoms with Crippen molar-refractivity contribution < 1.29 is 4.57 Å². The molecule has 8 rings (SSSR count). The van der Waals surface area contributed by atoms with Crippen molar-refractivity contribution in [3.8, 4) is 0 Å². The topological polar surface area (TPSA) is 20.3 Å². The largest absolute Gasteiger partial charge is 0.312 e. The van der Waals surface area contributed by atoms with Gasteiger partial charge in [-0.2, -0.15) is 0 Å². The highest BCUT2D eigenvalue weighted by Crippen LogP contribution is 2.46. The van der Waals surface area contributed by atoms with Crippen molar-refractivity contribution in [1.82, 2.24) is 0 Å². The summed E-state index contributed by atoms with van der Waals surface area (Å²) in [4.78, 5) is 2.46. The molecule has 6 aromatic rings. The Balaban J connectivity index is 1.42. The molecular formula is C42H37BNOP. The maximum atomic E-state index is 15.5. The first-order valence-corrected chi connectivity index (χ1v) is 17.9. The first kappa shape index (κ1) is 28.9. The quantitative estimate of drug-likeness (QED) is 0.155. The molecule has 2 heterocycles. The van der Waals surface area contributed by atoms with Crippen molar-refractivity contribution in [2.75, 3.05) is 4.90 Å². The van der Waals surface area contributed by atoms with Crippen LogP contribution in [0.2, 0.25) is 0 Å².